The Morgan fingerprint density at radius 1 is 1.55 bits per heavy atom. The first-order valence-electron chi connectivity index (χ1n) is 2.95. The Morgan fingerprint density at radius 2 is 2.09 bits per heavy atom. The molecule has 0 radical (unpaired) electrons. The monoisotopic (exact) mass is 158 g/mol. The van der Waals surface area contributed by atoms with E-state index >= 15 is 0 Å². The van der Waals surface area contributed by atoms with Gasteiger partial charge in [0, 0.05) is 5.57 Å². The van der Waals surface area contributed by atoms with Gasteiger partial charge in [-0.3, -0.25) is 9.59 Å². The van der Waals surface area contributed by atoms with Crippen LogP contribution in [0.2, 0.25) is 0 Å². The molecule has 11 heavy (non-hydrogen) atoms. The second-order valence-corrected chi connectivity index (χ2v) is 1.88. The molecule has 0 bridgehead atoms. The molecule has 4 N–H and O–H groups in total. The fourth-order valence-electron chi connectivity index (χ4n) is 0.481. The number of aliphatic carboxylic acids is 1. The quantitative estimate of drug-likeness (QED) is 0.363. The summed E-state index contributed by atoms with van der Waals surface area (Å²) in [7, 11) is 0. The van der Waals surface area contributed by atoms with E-state index in [1.54, 1.807) is 0 Å². The molecule has 0 heterocycles. The molecule has 0 rings (SSSR count). The Hall–Kier alpha value is -1.36. The highest BCUT2D eigenvalue weighted by Crippen LogP contribution is 1.96. The molecule has 1 amide bonds. The van der Waals surface area contributed by atoms with Gasteiger partial charge in [0.15, 0.2) is 0 Å². The summed E-state index contributed by atoms with van der Waals surface area (Å²) in [5, 5.41) is 10.5. The van der Waals surface area contributed by atoms with Crippen molar-refractivity contribution in [2.24, 2.45) is 5.73 Å². The maximum atomic E-state index is 10.7. The number of amides is 1. The molecule has 0 spiro atoms. The molecular weight excluding hydrogens is 148 g/mol. The fourth-order valence-corrected chi connectivity index (χ4v) is 0.481. The fraction of sp³-hybridized carbons (Fsp3) is 0.333. The number of carbonyl (C=O) groups is 2. The Morgan fingerprint density at radius 3 is 2.45 bits per heavy atom. The highest BCUT2D eigenvalue weighted by atomic mass is 16.4. The number of hydrogen-bond acceptors (Lipinski definition) is 3. The summed E-state index contributed by atoms with van der Waals surface area (Å²) >= 11 is 0. The topological polar surface area (TPSA) is 92.4 Å². The number of nitrogens with one attached hydrogen (secondary N) is 1. The van der Waals surface area contributed by atoms with Gasteiger partial charge < -0.3 is 16.2 Å². The highest BCUT2D eigenvalue weighted by Gasteiger charge is 2.08. The normalized spacial score (nSPS) is 8.82. The largest absolute Gasteiger partial charge is 0.481 e. The van der Waals surface area contributed by atoms with Crippen molar-refractivity contribution in [2.45, 2.75) is 6.42 Å². The van der Waals surface area contributed by atoms with Crippen LogP contribution in [0.5, 0.6) is 0 Å². The van der Waals surface area contributed by atoms with Crippen LogP contribution in [-0.4, -0.2) is 23.7 Å². The molecule has 0 atom stereocenters. The van der Waals surface area contributed by atoms with E-state index in [9.17, 15) is 9.59 Å². The number of nitrogens with two attached hydrogens (primary N) is 1. The van der Waals surface area contributed by atoms with Crippen LogP contribution in [0, 0.1) is 0 Å². The lowest BCUT2D eigenvalue weighted by molar-refractivity contribution is -0.137. The maximum absolute atomic E-state index is 10.7. The van der Waals surface area contributed by atoms with Gasteiger partial charge in [0.25, 0.3) is 0 Å². The van der Waals surface area contributed by atoms with Crippen molar-refractivity contribution >= 4 is 11.9 Å². The van der Waals surface area contributed by atoms with E-state index in [1.165, 1.54) is 0 Å². The molecule has 5 nitrogen and oxygen atoms in total. The zero-order valence-electron chi connectivity index (χ0n) is 5.96. The van der Waals surface area contributed by atoms with Crippen molar-refractivity contribution in [3.05, 3.63) is 12.2 Å². The molecule has 0 aliphatic carbocycles. The average Bonchev–Trinajstić information content (AvgIpc) is 1.86. The zero-order chi connectivity index (χ0) is 8.85. The Bertz CT molecular complexity index is 188. The summed E-state index contributed by atoms with van der Waals surface area (Å²) < 4.78 is 0. The van der Waals surface area contributed by atoms with Gasteiger partial charge in [0.2, 0.25) is 5.91 Å². The number of carbonyl (C=O) groups excluding carboxylic acids is 1. The molecular formula is C6H10N2O3. The summed E-state index contributed by atoms with van der Waals surface area (Å²) in [6, 6.07) is 0. The molecule has 0 aromatic carbocycles. The average molecular weight is 158 g/mol. The van der Waals surface area contributed by atoms with Gasteiger partial charge in [-0.1, -0.05) is 6.58 Å². The van der Waals surface area contributed by atoms with Crippen molar-refractivity contribution in [3.8, 4) is 0 Å². The lowest BCUT2D eigenvalue weighted by Crippen LogP contribution is -2.30. The SMILES string of the molecule is C=C(CC(=O)O)C(=O)NCN. The minimum absolute atomic E-state index is 0.00273. The van der Waals surface area contributed by atoms with Crippen molar-refractivity contribution in [3.63, 3.8) is 0 Å². The molecule has 62 valence electrons. The molecule has 0 saturated carbocycles. The van der Waals surface area contributed by atoms with Crippen LogP contribution < -0.4 is 11.1 Å². The molecule has 0 saturated heterocycles. The summed E-state index contributed by atoms with van der Waals surface area (Å²) in [5.41, 5.74) is 4.98. The Kier molecular flexibility index (Phi) is 3.90. The standard InChI is InChI=1S/C6H10N2O3/c1-4(2-5(9)10)6(11)8-3-7/h1-3,7H2,(H,8,11)(H,9,10). The van der Waals surface area contributed by atoms with Crippen molar-refractivity contribution in [1.29, 1.82) is 0 Å². The third-order valence-electron chi connectivity index (χ3n) is 0.948. The van der Waals surface area contributed by atoms with E-state index < -0.39 is 11.9 Å². The minimum Gasteiger partial charge on any atom is -0.481 e. The first-order valence-corrected chi connectivity index (χ1v) is 2.95. The second-order valence-electron chi connectivity index (χ2n) is 1.88. The Labute approximate surface area is 63.9 Å². The zero-order valence-corrected chi connectivity index (χ0v) is 5.96. The van der Waals surface area contributed by atoms with Crippen molar-refractivity contribution < 1.29 is 14.7 Å². The van der Waals surface area contributed by atoms with Gasteiger partial charge in [-0.05, 0) is 0 Å². The first kappa shape index (κ1) is 9.64. The van der Waals surface area contributed by atoms with Gasteiger partial charge in [0.05, 0.1) is 13.1 Å². The Balaban J connectivity index is 3.83. The minimum atomic E-state index is -1.08. The summed E-state index contributed by atoms with van der Waals surface area (Å²) in [6.45, 7) is 3.25. The smallest absolute Gasteiger partial charge is 0.308 e. The van der Waals surface area contributed by atoms with E-state index in [-0.39, 0.29) is 18.7 Å². The molecule has 5 heteroatoms. The van der Waals surface area contributed by atoms with Crippen LogP contribution in [0.15, 0.2) is 12.2 Å². The van der Waals surface area contributed by atoms with Gasteiger partial charge in [0.1, 0.15) is 0 Å². The molecule has 0 aliphatic heterocycles. The molecule has 0 aromatic heterocycles. The van der Waals surface area contributed by atoms with Crippen LogP contribution in [0.25, 0.3) is 0 Å². The van der Waals surface area contributed by atoms with Crippen LogP contribution in [0.1, 0.15) is 6.42 Å². The third kappa shape index (κ3) is 4.10. The summed E-state index contributed by atoms with van der Waals surface area (Å²) in [4.78, 5) is 20.8. The maximum Gasteiger partial charge on any atom is 0.308 e. The lowest BCUT2D eigenvalue weighted by atomic mass is 10.2. The molecule has 0 aromatic rings. The van der Waals surface area contributed by atoms with Crippen LogP contribution in [0.4, 0.5) is 0 Å². The van der Waals surface area contributed by atoms with Crippen LogP contribution in [0.3, 0.4) is 0 Å². The molecule has 0 fully saturated rings. The lowest BCUT2D eigenvalue weighted by Gasteiger charge is -2.01. The number of hydrogen-bond donors (Lipinski definition) is 3. The van der Waals surface area contributed by atoms with Crippen LogP contribution in [-0.2, 0) is 9.59 Å². The van der Waals surface area contributed by atoms with Gasteiger partial charge in [-0.15, -0.1) is 0 Å². The molecule has 0 aliphatic rings. The number of carboxylic acid groups (broad SMARTS) is 1. The summed E-state index contributed by atoms with van der Waals surface area (Å²) in [6.07, 6.45) is -0.355. The molecule has 0 unspecified atom stereocenters. The van der Waals surface area contributed by atoms with Gasteiger partial charge >= 0.3 is 5.97 Å². The highest BCUT2D eigenvalue weighted by molar-refractivity contribution is 5.96. The van der Waals surface area contributed by atoms with Crippen LogP contribution >= 0.6 is 0 Å². The third-order valence-corrected chi connectivity index (χ3v) is 0.948. The first-order chi connectivity index (χ1) is 5.07. The summed E-state index contributed by atoms with van der Waals surface area (Å²) in [5.74, 6) is -1.60. The number of carboxylic acids is 1. The van der Waals surface area contributed by atoms with Gasteiger partial charge in [-0.2, -0.15) is 0 Å². The van der Waals surface area contributed by atoms with E-state index in [2.05, 4.69) is 11.9 Å². The van der Waals surface area contributed by atoms with E-state index in [4.69, 9.17) is 10.8 Å². The predicted octanol–water partition coefficient (Wildman–Crippen LogP) is -0.950. The van der Waals surface area contributed by atoms with Gasteiger partial charge in [-0.25, -0.2) is 0 Å². The van der Waals surface area contributed by atoms with E-state index in [0.717, 1.165) is 0 Å². The van der Waals surface area contributed by atoms with Crippen molar-refractivity contribution in [2.75, 3.05) is 6.67 Å². The number of rotatable bonds is 4. The van der Waals surface area contributed by atoms with Crippen molar-refractivity contribution in [1.82, 2.24) is 5.32 Å². The van der Waals surface area contributed by atoms with E-state index in [1.807, 2.05) is 0 Å². The van der Waals surface area contributed by atoms with E-state index in [0.29, 0.717) is 0 Å². The second kappa shape index (κ2) is 4.45. The predicted molar refractivity (Wildman–Crippen MR) is 38.6 cm³/mol.